The van der Waals surface area contributed by atoms with Crippen molar-refractivity contribution in [2.45, 2.75) is 0 Å². The molecule has 0 spiro atoms. The lowest BCUT2D eigenvalue weighted by Gasteiger charge is -2.13. The predicted molar refractivity (Wildman–Crippen MR) is 70.5 cm³/mol. The van der Waals surface area contributed by atoms with E-state index in [2.05, 4.69) is 5.29 Å². The number of halogens is 1. The summed E-state index contributed by atoms with van der Waals surface area (Å²) in [6.07, 6.45) is 0. The largest absolute Gasteiger partial charge is 0.289 e. The van der Waals surface area contributed by atoms with Gasteiger partial charge in [0.25, 0.3) is 0 Å². The summed E-state index contributed by atoms with van der Waals surface area (Å²) in [6.45, 7) is 0. The third-order valence-electron chi connectivity index (χ3n) is 2.71. The number of anilines is 1. The summed E-state index contributed by atoms with van der Waals surface area (Å²) in [5, 5.41) is 3.83. The molecule has 0 aromatic heterocycles. The summed E-state index contributed by atoms with van der Waals surface area (Å²) >= 11 is 0. The van der Waals surface area contributed by atoms with Crippen LogP contribution in [0.4, 0.5) is 10.1 Å². The monoisotopic (exact) mass is 258 g/mol. The van der Waals surface area contributed by atoms with Gasteiger partial charge in [0.05, 0.1) is 11.0 Å². The Hall–Kier alpha value is -2.56. The highest BCUT2D eigenvalue weighted by Gasteiger charge is 2.16. The van der Waals surface area contributed by atoms with Crippen molar-refractivity contribution in [1.82, 2.24) is 0 Å². The summed E-state index contributed by atoms with van der Waals surface area (Å²) in [5.74, 6) is -0.837. The molecule has 0 saturated carbocycles. The second kappa shape index (κ2) is 5.39. The van der Waals surface area contributed by atoms with Crippen LogP contribution in [-0.2, 0) is 0 Å². The van der Waals surface area contributed by atoms with E-state index in [0.29, 0.717) is 11.3 Å². The second-order valence-electron chi connectivity index (χ2n) is 3.96. The molecule has 4 nitrogen and oxygen atoms in total. The van der Waals surface area contributed by atoms with Gasteiger partial charge >= 0.3 is 0 Å². The molecule has 2 aromatic carbocycles. The molecule has 0 aliphatic rings. The van der Waals surface area contributed by atoms with Crippen molar-refractivity contribution in [2.75, 3.05) is 12.1 Å². The highest BCUT2D eigenvalue weighted by molar-refractivity contribution is 6.12. The van der Waals surface area contributed by atoms with Gasteiger partial charge in [0.2, 0.25) is 0 Å². The molecule has 0 radical (unpaired) electrons. The summed E-state index contributed by atoms with van der Waals surface area (Å²) in [6, 6.07) is 12.0. The van der Waals surface area contributed by atoms with Crippen LogP contribution in [0.25, 0.3) is 0 Å². The Kier molecular flexibility index (Phi) is 3.66. The molecule has 0 N–H and O–H groups in total. The van der Waals surface area contributed by atoms with E-state index in [0.717, 1.165) is 11.1 Å². The molecule has 96 valence electrons. The zero-order valence-corrected chi connectivity index (χ0v) is 10.2. The lowest BCUT2D eigenvalue weighted by molar-refractivity contribution is 0.103. The fourth-order valence-corrected chi connectivity index (χ4v) is 1.78. The molecule has 19 heavy (non-hydrogen) atoms. The van der Waals surface area contributed by atoms with E-state index >= 15 is 0 Å². The molecule has 0 fully saturated rings. The van der Waals surface area contributed by atoms with E-state index in [1.807, 2.05) is 0 Å². The first-order chi connectivity index (χ1) is 9.13. The van der Waals surface area contributed by atoms with Gasteiger partial charge in [-0.25, -0.2) is 9.40 Å². The summed E-state index contributed by atoms with van der Waals surface area (Å²) < 4.78 is 13.1. The van der Waals surface area contributed by atoms with Crippen LogP contribution in [0.1, 0.15) is 15.9 Å². The zero-order chi connectivity index (χ0) is 13.8. The molecule has 0 aliphatic carbocycles. The number of carbonyl (C=O) groups is 1. The number of ketones is 1. The maximum atomic E-state index is 13.1. The van der Waals surface area contributed by atoms with Crippen LogP contribution in [0.2, 0.25) is 0 Å². The first kappa shape index (κ1) is 12.9. The van der Waals surface area contributed by atoms with Crippen LogP contribution < -0.4 is 5.01 Å². The Bertz CT molecular complexity index is 628. The third kappa shape index (κ3) is 2.65. The number of hydrogen-bond acceptors (Lipinski definition) is 3. The van der Waals surface area contributed by atoms with Crippen molar-refractivity contribution >= 4 is 11.5 Å². The summed E-state index contributed by atoms with van der Waals surface area (Å²) in [7, 11) is 1.45. The maximum absolute atomic E-state index is 13.1. The fourth-order valence-electron chi connectivity index (χ4n) is 1.78. The summed E-state index contributed by atoms with van der Waals surface area (Å²) in [5.41, 5.74) is 0.911. The molecule has 2 rings (SSSR count). The van der Waals surface area contributed by atoms with Crippen LogP contribution in [0.5, 0.6) is 0 Å². The lowest BCUT2D eigenvalue weighted by Crippen LogP contribution is -2.13. The van der Waals surface area contributed by atoms with Crippen molar-refractivity contribution in [3.8, 4) is 0 Å². The molecule has 0 amide bonds. The minimum absolute atomic E-state index is 0.228. The Morgan fingerprint density at radius 3 is 2.58 bits per heavy atom. The Labute approximate surface area is 109 Å². The van der Waals surface area contributed by atoms with Gasteiger partial charge in [-0.2, -0.15) is 0 Å². The SMILES string of the molecule is CN(N=O)c1ccccc1C(=O)c1cccc(F)c1. The number of hydrogen-bond donors (Lipinski definition) is 0. The van der Waals surface area contributed by atoms with Gasteiger partial charge in [0.15, 0.2) is 5.78 Å². The Morgan fingerprint density at radius 2 is 1.89 bits per heavy atom. The number of rotatable bonds is 4. The lowest BCUT2D eigenvalue weighted by atomic mass is 10.0. The first-order valence-corrected chi connectivity index (χ1v) is 5.60. The number of para-hydroxylation sites is 1. The maximum Gasteiger partial charge on any atom is 0.195 e. The third-order valence-corrected chi connectivity index (χ3v) is 2.71. The van der Waals surface area contributed by atoms with Crippen LogP contribution in [0.3, 0.4) is 0 Å². The molecular weight excluding hydrogens is 247 g/mol. The average Bonchev–Trinajstić information content (AvgIpc) is 2.45. The zero-order valence-electron chi connectivity index (χ0n) is 10.2. The molecule has 0 aliphatic heterocycles. The number of benzene rings is 2. The molecule has 2 aromatic rings. The minimum atomic E-state index is -0.481. The first-order valence-electron chi connectivity index (χ1n) is 5.60. The van der Waals surface area contributed by atoms with Gasteiger partial charge in [-0.15, -0.1) is 4.91 Å². The predicted octanol–water partition coefficient (Wildman–Crippen LogP) is 3.17. The van der Waals surface area contributed by atoms with Crippen molar-refractivity contribution < 1.29 is 9.18 Å². The fraction of sp³-hybridized carbons (Fsp3) is 0.0714. The Morgan fingerprint density at radius 1 is 1.16 bits per heavy atom. The van der Waals surface area contributed by atoms with Crippen molar-refractivity contribution in [3.63, 3.8) is 0 Å². The molecular formula is C14H11FN2O2. The second-order valence-corrected chi connectivity index (χ2v) is 3.96. The molecule has 0 unspecified atom stereocenters. The number of nitrogens with zero attached hydrogens (tertiary/aromatic N) is 2. The highest BCUT2D eigenvalue weighted by atomic mass is 19.1. The topological polar surface area (TPSA) is 49.7 Å². The van der Waals surface area contributed by atoms with E-state index in [1.54, 1.807) is 24.3 Å². The van der Waals surface area contributed by atoms with Crippen LogP contribution in [-0.4, -0.2) is 12.8 Å². The van der Waals surface area contributed by atoms with Crippen molar-refractivity contribution in [2.24, 2.45) is 5.29 Å². The molecule has 0 saturated heterocycles. The van der Waals surface area contributed by atoms with Gasteiger partial charge in [0.1, 0.15) is 5.82 Å². The van der Waals surface area contributed by atoms with E-state index in [9.17, 15) is 14.1 Å². The smallest absolute Gasteiger partial charge is 0.195 e. The van der Waals surface area contributed by atoms with E-state index < -0.39 is 5.82 Å². The molecule has 0 bridgehead atoms. The van der Waals surface area contributed by atoms with Crippen LogP contribution in [0.15, 0.2) is 53.8 Å². The van der Waals surface area contributed by atoms with E-state index in [-0.39, 0.29) is 11.3 Å². The van der Waals surface area contributed by atoms with Crippen molar-refractivity contribution in [1.29, 1.82) is 0 Å². The highest BCUT2D eigenvalue weighted by Crippen LogP contribution is 2.22. The standard InChI is InChI=1S/C14H11FN2O2/c1-17(16-19)13-8-3-2-7-12(13)14(18)10-5-4-6-11(15)9-10/h2-9H,1H3. The molecule has 0 atom stereocenters. The van der Waals surface area contributed by atoms with Crippen molar-refractivity contribution in [3.05, 3.63) is 70.4 Å². The minimum Gasteiger partial charge on any atom is -0.289 e. The quantitative estimate of drug-likeness (QED) is 0.481. The van der Waals surface area contributed by atoms with E-state index in [1.165, 1.54) is 25.2 Å². The van der Waals surface area contributed by atoms with E-state index in [4.69, 9.17) is 0 Å². The average molecular weight is 258 g/mol. The number of carbonyl (C=O) groups excluding carboxylic acids is 1. The van der Waals surface area contributed by atoms with Crippen LogP contribution in [0, 0.1) is 10.7 Å². The van der Waals surface area contributed by atoms with Gasteiger partial charge < -0.3 is 0 Å². The van der Waals surface area contributed by atoms with Crippen LogP contribution >= 0.6 is 0 Å². The molecule has 5 heteroatoms. The number of nitroso groups, excluding NO2 is 1. The van der Waals surface area contributed by atoms with Gasteiger partial charge in [-0.05, 0) is 24.3 Å². The Balaban J connectivity index is 2.47. The van der Waals surface area contributed by atoms with Gasteiger partial charge in [-0.1, -0.05) is 24.3 Å². The molecule has 0 heterocycles. The van der Waals surface area contributed by atoms with Gasteiger partial charge in [-0.3, -0.25) is 4.79 Å². The van der Waals surface area contributed by atoms with Gasteiger partial charge in [0, 0.05) is 18.2 Å². The normalized spacial score (nSPS) is 10.0. The summed E-state index contributed by atoms with van der Waals surface area (Å²) in [4.78, 5) is 22.9.